The van der Waals surface area contributed by atoms with Crippen molar-refractivity contribution in [3.05, 3.63) is 78.1 Å². The highest BCUT2D eigenvalue weighted by Gasteiger charge is 2.14. The zero-order valence-corrected chi connectivity index (χ0v) is 15.7. The van der Waals surface area contributed by atoms with Gasteiger partial charge < -0.3 is 9.84 Å². The lowest BCUT2D eigenvalue weighted by molar-refractivity contribution is 0.341. The second kappa shape index (κ2) is 7.31. The summed E-state index contributed by atoms with van der Waals surface area (Å²) in [5.41, 5.74) is 4.82. The Labute approximate surface area is 163 Å². The number of aromatic nitrogens is 1. The van der Waals surface area contributed by atoms with E-state index in [4.69, 9.17) is 4.74 Å². The molecule has 28 heavy (non-hydrogen) atoms. The minimum Gasteiger partial charge on any atom is -0.507 e. The topological polar surface area (TPSA) is 42.4 Å². The van der Waals surface area contributed by atoms with E-state index in [0.29, 0.717) is 28.8 Å². The fraction of sp³-hybridized carbons (Fsp3) is 0.125. The zero-order chi connectivity index (χ0) is 19.7. The van der Waals surface area contributed by atoms with Crippen molar-refractivity contribution >= 4 is 10.9 Å². The van der Waals surface area contributed by atoms with Crippen LogP contribution in [0.4, 0.5) is 4.39 Å². The van der Waals surface area contributed by atoms with Gasteiger partial charge in [0.25, 0.3) is 0 Å². The monoisotopic (exact) mass is 373 g/mol. The molecule has 4 rings (SSSR count). The predicted molar refractivity (Wildman–Crippen MR) is 110 cm³/mol. The zero-order valence-electron chi connectivity index (χ0n) is 15.7. The van der Waals surface area contributed by atoms with Crippen molar-refractivity contribution in [2.45, 2.75) is 13.8 Å². The van der Waals surface area contributed by atoms with Crippen LogP contribution in [-0.4, -0.2) is 16.7 Å². The van der Waals surface area contributed by atoms with Gasteiger partial charge in [0.1, 0.15) is 17.3 Å². The van der Waals surface area contributed by atoms with E-state index in [1.807, 2.05) is 55.5 Å². The number of hydrogen-bond acceptors (Lipinski definition) is 3. The van der Waals surface area contributed by atoms with Crippen LogP contribution in [0.25, 0.3) is 33.3 Å². The summed E-state index contributed by atoms with van der Waals surface area (Å²) in [4.78, 5) is 4.64. The Balaban J connectivity index is 1.78. The van der Waals surface area contributed by atoms with Crippen LogP contribution >= 0.6 is 0 Å². The summed E-state index contributed by atoms with van der Waals surface area (Å²) in [5, 5.41) is 10.9. The van der Waals surface area contributed by atoms with Crippen LogP contribution in [0.3, 0.4) is 0 Å². The highest BCUT2D eigenvalue weighted by atomic mass is 19.1. The van der Waals surface area contributed by atoms with Crippen molar-refractivity contribution in [3.8, 4) is 33.9 Å². The van der Waals surface area contributed by atoms with Gasteiger partial charge in [-0.25, -0.2) is 9.37 Å². The van der Waals surface area contributed by atoms with Crippen molar-refractivity contribution in [3.63, 3.8) is 0 Å². The molecule has 1 N–H and O–H groups in total. The molecule has 1 aromatic heterocycles. The van der Waals surface area contributed by atoms with Gasteiger partial charge in [0.2, 0.25) is 0 Å². The molecule has 0 aliphatic rings. The lowest BCUT2D eigenvalue weighted by Gasteiger charge is -2.13. The van der Waals surface area contributed by atoms with Gasteiger partial charge in [0.05, 0.1) is 17.8 Å². The Bertz CT molecular complexity index is 1150. The number of fused-ring (bicyclic) bond motifs is 1. The molecule has 4 heteroatoms. The second-order valence-electron chi connectivity index (χ2n) is 6.60. The van der Waals surface area contributed by atoms with E-state index in [9.17, 15) is 9.50 Å². The molecule has 4 aromatic rings. The van der Waals surface area contributed by atoms with Crippen molar-refractivity contribution in [2.24, 2.45) is 0 Å². The minimum atomic E-state index is -0.394. The van der Waals surface area contributed by atoms with E-state index in [1.165, 1.54) is 12.1 Å². The van der Waals surface area contributed by atoms with E-state index < -0.39 is 5.82 Å². The van der Waals surface area contributed by atoms with Gasteiger partial charge in [-0.15, -0.1) is 0 Å². The molecule has 0 atom stereocenters. The summed E-state index contributed by atoms with van der Waals surface area (Å²) in [6.45, 7) is 4.36. The van der Waals surface area contributed by atoms with Gasteiger partial charge >= 0.3 is 0 Å². The second-order valence-corrected chi connectivity index (χ2v) is 6.60. The number of halogens is 1. The first-order chi connectivity index (χ1) is 13.6. The third-order valence-corrected chi connectivity index (χ3v) is 4.81. The normalized spacial score (nSPS) is 11.0. The summed E-state index contributed by atoms with van der Waals surface area (Å²) < 4.78 is 19.2. The third-order valence-electron chi connectivity index (χ3n) is 4.81. The van der Waals surface area contributed by atoms with Gasteiger partial charge in [-0.1, -0.05) is 42.5 Å². The van der Waals surface area contributed by atoms with Gasteiger partial charge in [0.15, 0.2) is 0 Å². The van der Waals surface area contributed by atoms with E-state index in [-0.39, 0.29) is 5.75 Å². The van der Waals surface area contributed by atoms with E-state index in [2.05, 4.69) is 4.98 Å². The van der Waals surface area contributed by atoms with Crippen LogP contribution in [0.5, 0.6) is 11.5 Å². The average Bonchev–Trinajstić information content (AvgIpc) is 2.72. The quantitative estimate of drug-likeness (QED) is 0.468. The summed E-state index contributed by atoms with van der Waals surface area (Å²) in [7, 11) is 0. The molecule has 0 saturated heterocycles. The van der Waals surface area contributed by atoms with Gasteiger partial charge in [-0.2, -0.15) is 0 Å². The molecular formula is C24H20FNO2. The van der Waals surface area contributed by atoms with E-state index >= 15 is 0 Å². The molecule has 0 fully saturated rings. The van der Waals surface area contributed by atoms with Gasteiger partial charge in [-0.3, -0.25) is 0 Å². The molecule has 0 saturated carbocycles. The maximum absolute atomic E-state index is 13.5. The summed E-state index contributed by atoms with van der Waals surface area (Å²) in [5.74, 6) is 0.511. The summed E-state index contributed by atoms with van der Waals surface area (Å²) >= 11 is 0. The minimum absolute atomic E-state index is 0.0604. The molecule has 0 aliphatic heterocycles. The van der Waals surface area contributed by atoms with Crippen LogP contribution < -0.4 is 4.74 Å². The number of benzene rings is 3. The van der Waals surface area contributed by atoms with Crippen molar-refractivity contribution in [1.82, 2.24) is 4.98 Å². The lowest BCUT2D eigenvalue weighted by Crippen LogP contribution is -1.94. The smallest absolute Gasteiger partial charge is 0.130 e. The molecule has 0 bridgehead atoms. The first-order valence-electron chi connectivity index (χ1n) is 9.20. The summed E-state index contributed by atoms with van der Waals surface area (Å²) in [6, 6.07) is 20.1. The molecule has 0 unspecified atom stereocenters. The molecule has 0 spiro atoms. The standard InChI is InChI=1S/C24H20FNO2/c1-3-28-22-7-5-4-6-19(22)16-8-10-17(11-9-16)23-15(2)24(27)20-14-18(25)12-13-21(20)26-23/h4-14H,3H2,1-2H3,(H,26,27). The van der Waals surface area contributed by atoms with E-state index in [0.717, 1.165) is 22.4 Å². The molecular weight excluding hydrogens is 353 g/mol. The average molecular weight is 373 g/mol. The van der Waals surface area contributed by atoms with Crippen molar-refractivity contribution < 1.29 is 14.2 Å². The lowest BCUT2D eigenvalue weighted by atomic mass is 9.99. The van der Waals surface area contributed by atoms with E-state index in [1.54, 1.807) is 13.0 Å². The van der Waals surface area contributed by atoms with Gasteiger partial charge in [-0.05, 0) is 43.7 Å². The molecule has 3 aromatic carbocycles. The van der Waals surface area contributed by atoms with Crippen molar-refractivity contribution in [1.29, 1.82) is 0 Å². The third kappa shape index (κ3) is 3.18. The Morgan fingerprint density at radius 3 is 2.43 bits per heavy atom. The van der Waals surface area contributed by atoms with Crippen LogP contribution in [0.15, 0.2) is 66.7 Å². The number of rotatable bonds is 4. The fourth-order valence-electron chi connectivity index (χ4n) is 3.39. The van der Waals surface area contributed by atoms with Crippen LogP contribution in [0.2, 0.25) is 0 Å². The number of aromatic hydroxyl groups is 1. The number of pyridine rings is 1. The Hall–Kier alpha value is -3.40. The number of hydrogen-bond donors (Lipinski definition) is 1. The number of para-hydroxylation sites is 1. The number of ether oxygens (including phenoxy) is 1. The van der Waals surface area contributed by atoms with Gasteiger partial charge in [0, 0.05) is 22.1 Å². The molecule has 0 amide bonds. The maximum atomic E-state index is 13.5. The molecule has 3 nitrogen and oxygen atoms in total. The molecule has 0 aliphatic carbocycles. The fourth-order valence-corrected chi connectivity index (χ4v) is 3.39. The maximum Gasteiger partial charge on any atom is 0.130 e. The first-order valence-corrected chi connectivity index (χ1v) is 9.20. The van der Waals surface area contributed by atoms with Crippen LogP contribution in [-0.2, 0) is 0 Å². The summed E-state index contributed by atoms with van der Waals surface area (Å²) in [6.07, 6.45) is 0. The molecule has 0 radical (unpaired) electrons. The van der Waals surface area contributed by atoms with Crippen molar-refractivity contribution in [2.75, 3.05) is 6.61 Å². The predicted octanol–water partition coefficient (Wildman–Crippen LogP) is 6.12. The SMILES string of the molecule is CCOc1ccccc1-c1ccc(-c2nc3ccc(F)cc3c(O)c2C)cc1. The molecule has 1 heterocycles. The largest absolute Gasteiger partial charge is 0.507 e. The van der Waals surface area contributed by atoms with Crippen LogP contribution in [0.1, 0.15) is 12.5 Å². The highest BCUT2D eigenvalue weighted by Crippen LogP contribution is 2.36. The van der Waals surface area contributed by atoms with Crippen LogP contribution in [0, 0.1) is 12.7 Å². The Morgan fingerprint density at radius 2 is 1.68 bits per heavy atom. The number of nitrogens with zero attached hydrogens (tertiary/aromatic N) is 1. The Morgan fingerprint density at radius 1 is 0.964 bits per heavy atom. The highest BCUT2D eigenvalue weighted by molar-refractivity contribution is 5.90. The Kier molecular flexibility index (Phi) is 4.70. The first kappa shape index (κ1) is 18.0. The molecule has 140 valence electrons.